The van der Waals surface area contributed by atoms with Crippen molar-refractivity contribution in [1.82, 2.24) is 0 Å². The summed E-state index contributed by atoms with van der Waals surface area (Å²) in [6.07, 6.45) is -3.71. The number of nitrogens with two attached hydrogens (primary N) is 1. The summed E-state index contributed by atoms with van der Waals surface area (Å²) in [5.74, 6) is -0.584. The number of carbonyl (C=O) groups excluding carboxylic acids is 4. The number of benzene rings is 1. The van der Waals surface area contributed by atoms with Gasteiger partial charge in [-0.1, -0.05) is 19.9 Å². The Hall–Kier alpha value is -3.54. The molecule has 0 saturated heterocycles. The molecule has 0 spiro atoms. The zero-order chi connectivity index (χ0) is 28.0. The predicted octanol–water partition coefficient (Wildman–Crippen LogP) is 4.15. The van der Waals surface area contributed by atoms with Crippen molar-refractivity contribution in [2.24, 2.45) is 11.7 Å². The average Bonchev–Trinajstić information content (AvgIpc) is 2.80. The molecule has 1 aromatic carbocycles. The highest BCUT2D eigenvalue weighted by atomic mass is 16.7. The van der Waals surface area contributed by atoms with Crippen LogP contribution in [0, 0.1) is 5.92 Å². The van der Waals surface area contributed by atoms with Gasteiger partial charge in [0.1, 0.15) is 18.2 Å². The molecule has 0 fully saturated rings. The van der Waals surface area contributed by atoms with Gasteiger partial charge in [-0.15, -0.1) is 0 Å². The predicted molar refractivity (Wildman–Crippen MR) is 130 cm³/mol. The Morgan fingerprint density at radius 3 is 1.92 bits per heavy atom. The van der Waals surface area contributed by atoms with Crippen LogP contribution in [0.25, 0.3) is 0 Å². The first kappa shape index (κ1) is 31.5. The van der Waals surface area contributed by atoms with E-state index in [9.17, 15) is 19.2 Å². The summed E-state index contributed by atoms with van der Waals surface area (Å²) in [7, 11) is 0. The topological polar surface area (TPSA) is 159 Å². The lowest BCUT2D eigenvalue weighted by atomic mass is 10.1. The lowest BCUT2D eigenvalue weighted by Gasteiger charge is -2.22. The molecule has 0 unspecified atom stereocenters. The van der Waals surface area contributed by atoms with Crippen molar-refractivity contribution < 1.29 is 52.3 Å². The monoisotopic (exact) mass is 527 g/mol. The summed E-state index contributed by atoms with van der Waals surface area (Å²) < 4.78 is 35.1. The maximum Gasteiger partial charge on any atom is 0.513 e. The minimum absolute atomic E-state index is 0.00307. The molecule has 12 nitrogen and oxygen atoms in total. The Balaban J connectivity index is 2.77. The summed E-state index contributed by atoms with van der Waals surface area (Å²) >= 11 is 0. The molecule has 0 heterocycles. The van der Waals surface area contributed by atoms with Crippen molar-refractivity contribution in [3.8, 4) is 11.5 Å². The number of rotatable bonds is 13. The van der Waals surface area contributed by atoms with E-state index in [0.717, 1.165) is 0 Å². The third-order valence-corrected chi connectivity index (χ3v) is 4.84. The fourth-order valence-corrected chi connectivity index (χ4v) is 2.68. The van der Waals surface area contributed by atoms with Gasteiger partial charge in [-0.05, 0) is 64.2 Å². The van der Waals surface area contributed by atoms with Crippen molar-refractivity contribution in [3.63, 3.8) is 0 Å². The fourth-order valence-electron chi connectivity index (χ4n) is 2.68. The molecule has 0 radical (unpaired) electrons. The number of hydrogen-bond acceptors (Lipinski definition) is 12. The fraction of sp³-hybridized carbons (Fsp3) is 0.600. The van der Waals surface area contributed by atoms with E-state index in [1.807, 2.05) is 13.8 Å². The number of esters is 1. The molecule has 0 saturated carbocycles. The highest BCUT2D eigenvalue weighted by Gasteiger charge is 2.25. The first-order valence-electron chi connectivity index (χ1n) is 12.1. The smallest absolute Gasteiger partial charge is 0.458 e. The zero-order valence-electron chi connectivity index (χ0n) is 22.1. The van der Waals surface area contributed by atoms with Crippen LogP contribution in [-0.4, -0.2) is 62.5 Å². The molecular weight excluding hydrogens is 490 g/mol. The maximum atomic E-state index is 12.5. The third-order valence-electron chi connectivity index (χ3n) is 4.84. The molecule has 1 rings (SSSR count). The Kier molecular flexibility index (Phi) is 13.8. The minimum atomic E-state index is -1.10. The standard InChI is InChI=1S/C25H37NO11/c1-7-31-23(28)36-20-10-9-18(14-21(20)37-24(29)32-8-2)13-19(26)22(27)34-16(5)17(6)35-25(30)33-12-11-15(3)4/h9-10,14-17,19H,7-8,11-13,26H2,1-6H3/t16-,17-,19-/m0/s1. The molecule has 0 aliphatic heterocycles. The normalized spacial score (nSPS) is 13.1. The summed E-state index contributed by atoms with van der Waals surface area (Å²) in [5.41, 5.74) is 6.48. The van der Waals surface area contributed by atoms with Crippen molar-refractivity contribution in [1.29, 1.82) is 0 Å². The molecule has 37 heavy (non-hydrogen) atoms. The Morgan fingerprint density at radius 1 is 0.784 bits per heavy atom. The molecule has 2 N–H and O–H groups in total. The van der Waals surface area contributed by atoms with Crippen LogP contribution in [0.2, 0.25) is 0 Å². The van der Waals surface area contributed by atoms with E-state index >= 15 is 0 Å². The van der Waals surface area contributed by atoms with Crippen LogP contribution in [0.4, 0.5) is 14.4 Å². The van der Waals surface area contributed by atoms with Crippen LogP contribution in [0.15, 0.2) is 18.2 Å². The quantitative estimate of drug-likeness (QED) is 0.222. The highest BCUT2D eigenvalue weighted by Crippen LogP contribution is 2.30. The number of carbonyl (C=O) groups is 4. The molecular formula is C25H37NO11. The van der Waals surface area contributed by atoms with Gasteiger partial charge in [-0.25, -0.2) is 14.4 Å². The van der Waals surface area contributed by atoms with E-state index in [1.54, 1.807) is 27.7 Å². The molecule has 1 aromatic rings. The highest BCUT2D eigenvalue weighted by molar-refractivity contribution is 5.76. The van der Waals surface area contributed by atoms with Gasteiger partial charge >= 0.3 is 24.4 Å². The molecule has 208 valence electrons. The molecule has 0 bridgehead atoms. The van der Waals surface area contributed by atoms with Crippen molar-refractivity contribution in [2.75, 3.05) is 19.8 Å². The summed E-state index contributed by atoms with van der Waals surface area (Å²) in [6.45, 7) is 10.7. The first-order chi connectivity index (χ1) is 17.5. The van der Waals surface area contributed by atoms with Gasteiger partial charge in [-0.3, -0.25) is 4.79 Å². The van der Waals surface area contributed by atoms with Gasteiger partial charge < -0.3 is 38.9 Å². The zero-order valence-corrected chi connectivity index (χ0v) is 22.1. The van der Waals surface area contributed by atoms with Crippen LogP contribution in [0.3, 0.4) is 0 Å². The van der Waals surface area contributed by atoms with Crippen LogP contribution < -0.4 is 15.2 Å². The summed E-state index contributed by atoms with van der Waals surface area (Å²) in [6, 6.07) is 3.17. The van der Waals surface area contributed by atoms with E-state index in [0.29, 0.717) is 17.9 Å². The van der Waals surface area contributed by atoms with Gasteiger partial charge in [0.25, 0.3) is 0 Å². The number of hydrogen-bond donors (Lipinski definition) is 1. The lowest BCUT2D eigenvalue weighted by molar-refractivity contribution is -0.155. The van der Waals surface area contributed by atoms with E-state index < -0.39 is 42.7 Å². The second-order valence-corrected chi connectivity index (χ2v) is 8.41. The van der Waals surface area contributed by atoms with Crippen molar-refractivity contribution in [2.45, 2.75) is 72.6 Å². The molecule has 0 aliphatic carbocycles. The minimum Gasteiger partial charge on any atom is -0.458 e. The van der Waals surface area contributed by atoms with Gasteiger partial charge in [0.2, 0.25) is 0 Å². The van der Waals surface area contributed by atoms with Gasteiger partial charge in [0, 0.05) is 0 Å². The largest absolute Gasteiger partial charge is 0.513 e. The van der Waals surface area contributed by atoms with Crippen LogP contribution in [0.5, 0.6) is 11.5 Å². The van der Waals surface area contributed by atoms with Crippen molar-refractivity contribution in [3.05, 3.63) is 23.8 Å². The second kappa shape index (κ2) is 16.3. The van der Waals surface area contributed by atoms with Gasteiger partial charge in [-0.2, -0.15) is 0 Å². The molecule has 12 heteroatoms. The lowest BCUT2D eigenvalue weighted by Crippen LogP contribution is -2.39. The van der Waals surface area contributed by atoms with E-state index in [4.69, 9.17) is 38.9 Å². The van der Waals surface area contributed by atoms with Crippen LogP contribution in [-0.2, 0) is 34.9 Å². The molecule has 3 atom stereocenters. The Bertz CT molecular complexity index is 903. The van der Waals surface area contributed by atoms with E-state index in [-0.39, 0.29) is 37.7 Å². The van der Waals surface area contributed by atoms with Crippen LogP contribution in [0.1, 0.15) is 53.5 Å². The van der Waals surface area contributed by atoms with Gasteiger partial charge in [0.15, 0.2) is 11.5 Å². The Morgan fingerprint density at radius 2 is 1.35 bits per heavy atom. The molecule has 0 amide bonds. The first-order valence-corrected chi connectivity index (χ1v) is 12.1. The SMILES string of the molecule is CCOC(=O)Oc1ccc(C[C@H](N)C(=O)O[C@@H](C)[C@H](C)OC(=O)OCCC(C)C)cc1OC(=O)OCC. The Labute approximate surface area is 216 Å². The van der Waals surface area contributed by atoms with Crippen LogP contribution >= 0.6 is 0 Å². The summed E-state index contributed by atoms with van der Waals surface area (Å²) in [5, 5.41) is 0. The van der Waals surface area contributed by atoms with Crippen molar-refractivity contribution >= 4 is 24.4 Å². The van der Waals surface area contributed by atoms with E-state index in [2.05, 4.69) is 0 Å². The average molecular weight is 528 g/mol. The number of ether oxygens (including phenoxy) is 7. The second-order valence-electron chi connectivity index (χ2n) is 8.41. The molecule has 0 aliphatic rings. The van der Waals surface area contributed by atoms with E-state index in [1.165, 1.54) is 18.2 Å². The third kappa shape index (κ3) is 12.3. The maximum absolute atomic E-state index is 12.5. The summed E-state index contributed by atoms with van der Waals surface area (Å²) in [4.78, 5) is 47.8. The molecule has 0 aromatic heterocycles. The van der Waals surface area contributed by atoms with Gasteiger partial charge in [0.05, 0.1) is 19.8 Å².